The van der Waals surface area contributed by atoms with Crippen molar-refractivity contribution in [2.45, 2.75) is 50.4 Å². The Morgan fingerprint density at radius 3 is 2.62 bits per heavy atom. The molecule has 0 radical (unpaired) electrons. The summed E-state index contributed by atoms with van der Waals surface area (Å²) in [7, 11) is 0. The predicted molar refractivity (Wildman–Crippen MR) is 60.3 cm³/mol. The first-order valence-electron chi connectivity index (χ1n) is 5.16. The van der Waals surface area contributed by atoms with Crippen LogP contribution in [-0.4, -0.2) is 34.1 Å². The van der Waals surface area contributed by atoms with Crippen molar-refractivity contribution in [1.29, 1.82) is 0 Å². The molecule has 1 rings (SSSR count). The van der Waals surface area contributed by atoms with Gasteiger partial charge in [-0.3, -0.25) is 0 Å². The first kappa shape index (κ1) is 13.9. The Bertz CT molecular complexity index is 266. The first-order chi connectivity index (χ1) is 7.21. The highest BCUT2D eigenvalue weighted by Crippen LogP contribution is 2.29. The lowest BCUT2D eigenvalue weighted by molar-refractivity contribution is -0.107. The Hall–Kier alpha value is -0.200. The number of hydrogen-bond acceptors (Lipinski definition) is 3. The summed E-state index contributed by atoms with van der Waals surface area (Å²) in [4.78, 5) is 0. The Morgan fingerprint density at radius 2 is 2.12 bits per heavy atom. The van der Waals surface area contributed by atoms with E-state index >= 15 is 0 Å². The standard InChI is InChI=1S/C10H17F2NO2S/c1-9(2,3)16(14)13-7-8-6-10(11,12)4-5-15-8/h7-8H,4-6H2,1-3H3/b13-7+/t8-,16-/m1/s1. The van der Waals surface area contributed by atoms with Crippen molar-refractivity contribution in [2.75, 3.05) is 6.61 Å². The van der Waals surface area contributed by atoms with Gasteiger partial charge in [0.1, 0.15) is 22.2 Å². The van der Waals surface area contributed by atoms with E-state index in [0.29, 0.717) is 0 Å². The van der Waals surface area contributed by atoms with Crippen molar-refractivity contribution >= 4 is 17.6 Å². The van der Waals surface area contributed by atoms with Crippen molar-refractivity contribution in [3.8, 4) is 0 Å². The van der Waals surface area contributed by atoms with Gasteiger partial charge in [-0.25, -0.2) is 8.78 Å². The second-order valence-electron chi connectivity index (χ2n) is 4.84. The van der Waals surface area contributed by atoms with E-state index in [-0.39, 0.29) is 19.4 Å². The molecule has 1 aliphatic rings. The molecule has 6 heteroatoms. The number of ether oxygens (including phenoxy) is 1. The molecule has 94 valence electrons. The fourth-order valence-electron chi connectivity index (χ4n) is 1.19. The van der Waals surface area contributed by atoms with E-state index in [0.717, 1.165) is 0 Å². The monoisotopic (exact) mass is 253 g/mol. The fourth-order valence-corrected chi connectivity index (χ4v) is 1.75. The van der Waals surface area contributed by atoms with Crippen LogP contribution >= 0.6 is 0 Å². The number of nitrogens with zero attached hydrogens (tertiary/aromatic N) is 1. The molecule has 0 aromatic heterocycles. The normalized spacial score (nSPS) is 28.2. The van der Waals surface area contributed by atoms with Gasteiger partial charge in [0.25, 0.3) is 5.92 Å². The van der Waals surface area contributed by atoms with E-state index in [1.54, 1.807) is 20.8 Å². The molecule has 16 heavy (non-hydrogen) atoms. The van der Waals surface area contributed by atoms with E-state index in [1.807, 2.05) is 0 Å². The van der Waals surface area contributed by atoms with Crippen LogP contribution in [0.1, 0.15) is 33.6 Å². The minimum absolute atomic E-state index is 0.0197. The lowest BCUT2D eigenvalue weighted by Crippen LogP contribution is -2.35. The lowest BCUT2D eigenvalue weighted by Gasteiger charge is -2.27. The van der Waals surface area contributed by atoms with E-state index < -0.39 is 28.1 Å². The Morgan fingerprint density at radius 1 is 1.50 bits per heavy atom. The minimum atomic E-state index is -2.70. The molecule has 3 nitrogen and oxygen atoms in total. The Labute approximate surface area is 97.6 Å². The van der Waals surface area contributed by atoms with Gasteiger partial charge in [-0.1, -0.05) is 4.40 Å². The summed E-state index contributed by atoms with van der Waals surface area (Å²) in [6.45, 7) is 5.34. The topological polar surface area (TPSA) is 44.7 Å². The van der Waals surface area contributed by atoms with Crippen LogP contribution < -0.4 is 0 Å². The van der Waals surface area contributed by atoms with Gasteiger partial charge in [-0.2, -0.15) is 0 Å². The highest BCUT2D eigenvalue weighted by molar-refractivity contribution is 7.91. The maximum atomic E-state index is 13.0. The van der Waals surface area contributed by atoms with Gasteiger partial charge in [0.15, 0.2) is 0 Å². The number of halogens is 2. The van der Waals surface area contributed by atoms with Crippen LogP contribution in [-0.2, 0) is 16.1 Å². The summed E-state index contributed by atoms with van der Waals surface area (Å²) in [6.07, 6.45) is -0.110. The maximum Gasteiger partial charge on any atom is 0.253 e. The van der Waals surface area contributed by atoms with E-state index in [9.17, 15) is 13.3 Å². The average Bonchev–Trinajstić information content (AvgIpc) is 2.11. The summed E-state index contributed by atoms with van der Waals surface area (Å²) in [5.41, 5.74) is 0. The van der Waals surface area contributed by atoms with Gasteiger partial charge < -0.3 is 9.29 Å². The second kappa shape index (κ2) is 4.98. The third-order valence-electron chi connectivity index (χ3n) is 2.15. The number of alkyl halides is 2. The molecule has 2 atom stereocenters. The van der Waals surface area contributed by atoms with Crippen molar-refractivity contribution in [3.05, 3.63) is 0 Å². The summed E-state index contributed by atoms with van der Waals surface area (Å²) < 4.78 is 45.9. The predicted octanol–water partition coefficient (Wildman–Crippen LogP) is 2.33. The van der Waals surface area contributed by atoms with Crippen LogP contribution in [0.15, 0.2) is 4.40 Å². The van der Waals surface area contributed by atoms with Crippen molar-refractivity contribution in [1.82, 2.24) is 0 Å². The molecule has 1 aliphatic heterocycles. The van der Waals surface area contributed by atoms with Gasteiger partial charge in [0.2, 0.25) is 0 Å². The largest absolute Gasteiger partial charge is 0.591 e. The zero-order valence-corrected chi connectivity index (χ0v) is 10.5. The molecule has 0 aromatic carbocycles. The van der Waals surface area contributed by atoms with Crippen molar-refractivity contribution < 1.29 is 18.1 Å². The molecule has 0 aromatic rings. The third-order valence-corrected chi connectivity index (χ3v) is 3.51. The van der Waals surface area contributed by atoms with E-state index in [2.05, 4.69) is 4.40 Å². The number of rotatable bonds is 2. The van der Waals surface area contributed by atoms with Crippen molar-refractivity contribution in [3.63, 3.8) is 0 Å². The smallest absolute Gasteiger partial charge is 0.253 e. The summed E-state index contributed by atoms with van der Waals surface area (Å²) >= 11 is -1.42. The molecule has 1 heterocycles. The van der Waals surface area contributed by atoms with E-state index in [4.69, 9.17) is 4.74 Å². The Kier molecular flexibility index (Phi) is 4.31. The van der Waals surface area contributed by atoms with Crippen LogP contribution in [0.3, 0.4) is 0 Å². The summed E-state index contributed by atoms with van der Waals surface area (Å²) in [6, 6.07) is 0. The van der Waals surface area contributed by atoms with Crippen LogP contribution in [0.4, 0.5) is 8.78 Å². The molecule has 1 saturated heterocycles. The fraction of sp³-hybridized carbons (Fsp3) is 0.900. The minimum Gasteiger partial charge on any atom is -0.591 e. The van der Waals surface area contributed by atoms with Crippen LogP contribution in [0.5, 0.6) is 0 Å². The van der Waals surface area contributed by atoms with Gasteiger partial charge in [0, 0.05) is 12.8 Å². The van der Waals surface area contributed by atoms with Gasteiger partial charge >= 0.3 is 0 Å². The highest BCUT2D eigenvalue weighted by atomic mass is 32.2. The summed E-state index contributed by atoms with van der Waals surface area (Å²) in [5.74, 6) is -2.70. The second-order valence-corrected chi connectivity index (χ2v) is 6.77. The molecule has 0 aliphatic carbocycles. The lowest BCUT2D eigenvalue weighted by atomic mass is 10.1. The zero-order chi connectivity index (χ0) is 12.4. The molecule has 1 fully saturated rings. The SMILES string of the molecule is CC(C)(C)[S@@+]([O-])/N=C/[C@H]1CC(F)(F)CCO1. The van der Waals surface area contributed by atoms with Crippen LogP contribution in [0, 0.1) is 0 Å². The third kappa shape index (κ3) is 4.35. The molecule has 0 spiro atoms. The summed E-state index contributed by atoms with van der Waals surface area (Å²) in [5, 5.41) is 0. The molecule has 0 amide bonds. The van der Waals surface area contributed by atoms with Crippen molar-refractivity contribution in [2.24, 2.45) is 4.40 Å². The molecule has 0 bridgehead atoms. The average molecular weight is 253 g/mol. The van der Waals surface area contributed by atoms with Gasteiger partial charge in [-0.05, 0) is 20.8 Å². The molecular weight excluding hydrogens is 236 g/mol. The molecule has 0 N–H and O–H groups in total. The van der Waals surface area contributed by atoms with Crippen LogP contribution in [0.2, 0.25) is 0 Å². The van der Waals surface area contributed by atoms with Gasteiger partial charge in [0.05, 0.1) is 12.8 Å². The van der Waals surface area contributed by atoms with Gasteiger partial charge in [-0.15, -0.1) is 0 Å². The molecule has 0 saturated carbocycles. The quantitative estimate of drug-likeness (QED) is 0.560. The zero-order valence-electron chi connectivity index (χ0n) is 9.70. The van der Waals surface area contributed by atoms with E-state index in [1.165, 1.54) is 6.21 Å². The highest BCUT2D eigenvalue weighted by Gasteiger charge is 2.37. The first-order valence-corrected chi connectivity index (χ1v) is 6.27. The maximum absolute atomic E-state index is 13.0. The number of hydrogen-bond donors (Lipinski definition) is 0. The Balaban J connectivity index is 2.51. The molecular formula is C10H17F2NO2S. The molecule has 0 unspecified atom stereocenters. The van der Waals surface area contributed by atoms with Crippen LogP contribution in [0.25, 0.3) is 0 Å².